The minimum Gasteiger partial charge on any atom is -0.493 e. The van der Waals surface area contributed by atoms with E-state index in [-0.39, 0.29) is 5.75 Å². The number of benzene rings is 2. The molecule has 0 aromatic heterocycles. The normalized spacial score (nSPS) is 10.3. The first-order valence-corrected chi connectivity index (χ1v) is 8.15. The number of para-hydroxylation sites is 1. The number of nitrogens with one attached hydrogen (secondary N) is 2. The van der Waals surface area contributed by atoms with Gasteiger partial charge in [0.25, 0.3) is 11.8 Å². The third-order valence-electron chi connectivity index (χ3n) is 3.19. The number of carbonyl (C=O) groups excluding carboxylic acids is 2. The Morgan fingerprint density at radius 1 is 1.04 bits per heavy atom. The molecule has 2 aromatic carbocycles. The van der Waals surface area contributed by atoms with Gasteiger partial charge in [0.2, 0.25) is 0 Å². The fourth-order valence-corrected chi connectivity index (χ4v) is 1.93. The van der Waals surface area contributed by atoms with Gasteiger partial charge >= 0.3 is 0 Å². The second kappa shape index (κ2) is 9.41. The zero-order valence-corrected chi connectivity index (χ0v) is 14.6. The number of carbonyl (C=O) groups is 2. The van der Waals surface area contributed by atoms with E-state index in [1.165, 1.54) is 18.2 Å². The van der Waals surface area contributed by atoms with E-state index in [4.69, 9.17) is 9.47 Å². The maximum atomic E-state index is 13.4. The van der Waals surface area contributed by atoms with Crippen LogP contribution in [0.1, 0.15) is 24.2 Å². The molecule has 0 saturated heterocycles. The predicted molar refractivity (Wildman–Crippen MR) is 94.3 cm³/mol. The van der Waals surface area contributed by atoms with E-state index in [1.807, 2.05) is 13.8 Å². The molecule has 0 heterocycles. The molecule has 2 rings (SSSR count). The van der Waals surface area contributed by atoms with Gasteiger partial charge in [0.15, 0.2) is 18.2 Å². The number of hydrogen-bond donors (Lipinski definition) is 2. The average molecular weight is 360 g/mol. The lowest BCUT2D eigenvalue weighted by atomic mass is 10.2. The first-order valence-electron chi connectivity index (χ1n) is 8.15. The first-order chi connectivity index (χ1) is 12.5. The summed E-state index contributed by atoms with van der Waals surface area (Å²) >= 11 is 0. The van der Waals surface area contributed by atoms with E-state index in [0.717, 1.165) is 0 Å². The number of hydrazine groups is 1. The summed E-state index contributed by atoms with van der Waals surface area (Å²) in [5.74, 6) is -0.790. The molecule has 138 valence electrons. The van der Waals surface area contributed by atoms with E-state index in [0.29, 0.717) is 23.8 Å². The number of hydrogen-bond acceptors (Lipinski definition) is 4. The van der Waals surface area contributed by atoms with Gasteiger partial charge in [0, 0.05) is 5.56 Å². The molecular weight excluding hydrogens is 339 g/mol. The highest BCUT2D eigenvalue weighted by molar-refractivity contribution is 5.95. The Balaban J connectivity index is 1.81. The van der Waals surface area contributed by atoms with E-state index in [1.54, 1.807) is 30.3 Å². The zero-order chi connectivity index (χ0) is 18.9. The summed E-state index contributed by atoms with van der Waals surface area (Å²) in [5, 5.41) is 0. The third-order valence-corrected chi connectivity index (χ3v) is 3.19. The quantitative estimate of drug-likeness (QED) is 0.745. The van der Waals surface area contributed by atoms with Crippen LogP contribution in [0.5, 0.6) is 11.5 Å². The monoisotopic (exact) mass is 360 g/mol. The minimum atomic E-state index is -0.617. The van der Waals surface area contributed by atoms with Crippen LogP contribution in [0.15, 0.2) is 48.5 Å². The SMILES string of the molecule is CC(C)COc1cccc(C(=O)NNC(=O)COc2ccccc2F)c1. The lowest BCUT2D eigenvalue weighted by molar-refractivity contribution is -0.123. The topological polar surface area (TPSA) is 76.7 Å². The molecule has 0 atom stereocenters. The third kappa shape index (κ3) is 6.08. The summed E-state index contributed by atoms with van der Waals surface area (Å²) in [4.78, 5) is 23.8. The van der Waals surface area contributed by atoms with Crippen molar-refractivity contribution < 1.29 is 23.5 Å². The summed E-state index contributed by atoms with van der Waals surface area (Å²) in [6, 6.07) is 12.4. The summed E-state index contributed by atoms with van der Waals surface area (Å²) in [7, 11) is 0. The van der Waals surface area contributed by atoms with Gasteiger partial charge in [-0.05, 0) is 36.2 Å². The maximum absolute atomic E-state index is 13.4. The van der Waals surface area contributed by atoms with Crippen LogP contribution in [0, 0.1) is 11.7 Å². The van der Waals surface area contributed by atoms with Gasteiger partial charge in [-0.3, -0.25) is 20.4 Å². The van der Waals surface area contributed by atoms with Crippen molar-refractivity contribution in [3.8, 4) is 11.5 Å². The largest absolute Gasteiger partial charge is 0.493 e. The lowest BCUT2D eigenvalue weighted by Crippen LogP contribution is -2.43. The Bertz CT molecular complexity index is 765. The van der Waals surface area contributed by atoms with Gasteiger partial charge in [-0.1, -0.05) is 32.0 Å². The van der Waals surface area contributed by atoms with Crippen LogP contribution >= 0.6 is 0 Å². The van der Waals surface area contributed by atoms with Crippen molar-refractivity contribution in [1.29, 1.82) is 0 Å². The summed E-state index contributed by atoms with van der Waals surface area (Å²) in [6.45, 7) is 4.15. The highest BCUT2D eigenvalue weighted by Crippen LogP contribution is 2.15. The molecule has 0 aliphatic carbocycles. The predicted octanol–water partition coefficient (Wildman–Crippen LogP) is 2.70. The Morgan fingerprint density at radius 2 is 1.81 bits per heavy atom. The Morgan fingerprint density at radius 3 is 2.54 bits per heavy atom. The molecular formula is C19H21FN2O4. The summed E-state index contributed by atoms with van der Waals surface area (Å²) in [6.07, 6.45) is 0. The van der Waals surface area contributed by atoms with E-state index < -0.39 is 24.2 Å². The van der Waals surface area contributed by atoms with E-state index >= 15 is 0 Å². The van der Waals surface area contributed by atoms with Gasteiger partial charge in [-0.15, -0.1) is 0 Å². The van der Waals surface area contributed by atoms with E-state index in [9.17, 15) is 14.0 Å². The summed E-state index contributed by atoms with van der Waals surface area (Å²) in [5.41, 5.74) is 4.82. The van der Waals surface area contributed by atoms with Gasteiger partial charge in [0.1, 0.15) is 5.75 Å². The first kappa shape index (κ1) is 19.2. The molecule has 0 radical (unpaired) electrons. The molecule has 0 unspecified atom stereocenters. The van der Waals surface area contributed by atoms with Crippen molar-refractivity contribution in [1.82, 2.24) is 10.9 Å². The van der Waals surface area contributed by atoms with Crippen LogP contribution in [0.3, 0.4) is 0 Å². The minimum absolute atomic E-state index is 0.0380. The van der Waals surface area contributed by atoms with Crippen LogP contribution in [-0.4, -0.2) is 25.0 Å². The van der Waals surface area contributed by atoms with Crippen molar-refractivity contribution in [2.45, 2.75) is 13.8 Å². The molecule has 7 heteroatoms. The molecule has 2 amide bonds. The van der Waals surface area contributed by atoms with Crippen LogP contribution in [-0.2, 0) is 4.79 Å². The van der Waals surface area contributed by atoms with Gasteiger partial charge in [-0.25, -0.2) is 4.39 Å². The van der Waals surface area contributed by atoms with Crippen LogP contribution in [0.2, 0.25) is 0 Å². The molecule has 0 aliphatic rings. The molecule has 0 saturated carbocycles. The lowest BCUT2D eigenvalue weighted by Gasteiger charge is -2.11. The molecule has 2 N–H and O–H groups in total. The second-order valence-corrected chi connectivity index (χ2v) is 5.95. The smallest absolute Gasteiger partial charge is 0.276 e. The average Bonchev–Trinajstić information content (AvgIpc) is 2.64. The molecule has 0 aliphatic heterocycles. The second-order valence-electron chi connectivity index (χ2n) is 5.95. The Labute approximate surface area is 151 Å². The highest BCUT2D eigenvalue weighted by Gasteiger charge is 2.10. The maximum Gasteiger partial charge on any atom is 0.276 e. The van der Waals surface area contributed by atoms with Crippen LogP contribution in [0.4, 0.5) is 4.39 Å². The van der Waals surface area contributed by atoms with Gasteiger partial charge < -0.3 is 9.47 Å². The summed E-state index contributed by atoms with van der Waals surface area (Å²) < 4.78 is 24.0. The molecule has 6 nitrogen and oxygen atoms in total. The number of ether oxygens (including phenoxy) is 2. The van der Waals surface area contributed by atoms with Crippen molar-refractivity contribution in [2.75, 3.05) is 13.2 Å². The fraction of sp³-hybridized carbons (Fsp3) is 0.263. The van der Waals surface area contributed by atoms with E-state index in [2.05, 4.69) is 10.9 Å². The molecule has 0 spiro atoms. The molecule has 0 bridgehead atoms. The Kier molecular flexibility index (Phi) is 6.96. The number of rotatable bonds is 7. The van der Waals surface area contributed by atoms with Gasteiger partial charge in [-0.2, -0.15) is 0 Å². The van der Waals surface area contributed by atoms with Crippen LogP contribution in [0.25, 0.3) is 0 Å². The van der Waals surface area contributed by atoms with Crippen LogP contribution < -0.4 is 20.3 Å². The number of halogens is 1. The fourth-order valence-electron chi connectivity index (χ4n) is 1.93. The number of amides is 2. The molecule has 26 heavy (non-hydrogen) atoms. The standard InChI is InChI=1S/C19H21FN2O4/c1-13(2)11-25-15-7-5-6-14(10-15)19(24)22-21-18(23)12-26-17-9-4-3-8-16(17)20/h3-10,13H,11-12H2,1-2H3,(H,21,23)(H,22,24). The van der Waals surface area contributed by atoms with Crippen molar-refractivity contribution >= 4 is 11.8 Å². The van der Waals surface area contributed by atoms with Crippen molar-refractivity contribution in [3.05, 3.63) is 59.9 Å². The van der Waals surface area contributed by atoms with Crippen molar-refractivity contribution in [3.63, 3.8) is 0 Å². The van der Waals surface area contributed by atoms with Gasteiger partial charge in [0.05, 0.1) is 6.61 Å². The molecule has 0 fully saturated rings. The Hall–Kier alpha value is -3.09. The highest BCUT2D eigenvalue weighted by atomic mass is 19.1. The zero-order valence-electron chi connectivity index (χ0n) is 14.6. The molecule has 2 aromatic rings. The van der Waals surface area contributed by atoms with Crippen molar-refractivity contribution in [2.24, 2.45) is 5.92 Å².